The lowest BCUT2D eigenvalue weighted by Gasteiger charge is -2.28. The molecule has 0 spiro atoms. The fraction of sp³-hybridized carbons (Fsp3) is 0.538. The summed E-state index contributed by atoms with van der Waals surface area (Å²) >= 11 is 3.08. The molecule has 0 saturated heterocycles. The minimum atomic E-state index is -3.84. The molecule has 2 rings (SSSR count). The summed E-state index contributed by atoms with van der Waals surface area (Å²) in [5, 5.41) is 9.17. The summed E-state index contributed by atoms with van der Waals surface area (Å²) < 4.78 is 40.4. The van der Waals surface area contributed by atoms with Crippen molar-refractivity contribution in [3.05, 3.63) is 22.4 Å². The number of aliphatic hydroxyl groups excluding tert-OH is 1. The Morgan fingerprint density at radius 1 is 1.38 bits per heavy atom. The Morgan fingerprint density at radius 3 is 2.57 bits per heavy atom. The Hall–Kier alpha value is -0.700. The summed E-state index contributed by atoms with van der Waals surface area (Å²) in [7, 11) is -3.84. The molecule has 1 aromatic carbocycles. The molecule has 1 aromatic rings. The number of hydrogen-bond donors (Lipinski definition) is 2. The maximum absolute atomic E-state index is 13.4. The molecule has 21 heavy (non-hydrogen) atoms. The van der Waals surface area contributed by atoms with Gasteiger partial charge in [0.05, 0.1) is 17.2 Å². The number of halogens is 2. The fourth-order valence-electron chi connectivity index (χ4n) is 2.66. The van der Waals surface area contributed by atoms with E-state index in [0.29, 0.717) is 0 Å². The number of aliphatic hydroxyl groups is 1. The lowest BCUT2D eigenvalue weighted by molar-refractivity contribution is 0.226. The van der Waals surface area contributed by atoms with E-state index >= 15 is 0 Å². The number of nitrogen functional groups attached to an aromatic ring is 1. The monoisotopic (exact) mass is 380 g/mol. The van der Waals surface area contributed by atoms with Crippen LogP contribution in [0.1, 0.15) is 25.7 Å². The number of benzene rings is 1. The zero-order chi connectivity index (χ0) is 15.6. The van der Waals surface area contributed by atoms with Gasteiger partial charge in [0.1, 0.15) is 5.82 Å². The highest BCUT2D eigenvalue weighted by Crippen LogP contribution is 2.33. The SMILES string of the molecule is Nc1cc(S(=O)(=O)N(CCO)C2CCCC2)c(Br)cc1F. The predicted octanol–water partition coefficient (Wildman–Crippen LogP) is 2.10. The summed E-state index contributed by atoms with van der Waals surface area (Å²) in [6, 6.07) is 2.04. The second-order valence-electron chi connectivity index (χ2n) is 5.08. The molecule has 0 amide bonds. The summed E-state index contributed by atoms with van der Waals surface area (Å²) in [5.41, 5.74) is 5.27. The zero-order valence-corrected chi connectivity index (χ0v) is 13.8. The molecule has 1 aliphatic rings. The maximum Gasteiger partial charge on any atom is 0.244 e. The Bertz CT molecular complexity index is 618. The first-order valence-corrected chi connectivity index (χ1v) is 8.98. The van der Waals surface area contributed by atoms with Crippen LogP contribution in [-0.2, 0) is 10.0 Å². The van der Waals surface area contributed by atoms with E-state index in [9.17, 15) is 17.9 Å². The van der Waals surface area contributed by atoms with Crippen molar-refractivity contribution < 1.29 is 17.9 Å². The van der Waals surface area contributed by atoms with Gasteiger partial charge in [0.15, 0.2) is 0 Å². The molecule has 1 aliphatic carbocycles. The topological polar surface area (TPSA) is 83.6 Å². The molecule has 118 valence electrons. The number of hydrogen-bond acceptors (Lipinski definition) is 4. The Kier molecular flexibility index (Phi) is 5.24. The van der Waals surface area contributed by atoms with Crippen molar-refractivity contribution in [1.82, 2.24) is 4.31 Å². The Morgan fingerprint density at radius 2 is 2.00 bits per heavy atom. The van der Waals surface area contributed by atoms with E-state index in [1.807, 2.05) is 0 Å². The minimum absolute atomic E-state index is 0.0245. The lowest BCUT2D eigenvalue weighted by atomic mass is 10.2. The third-order valence-corrected chi connectivity index (χ3v) is 6.60. The highest BCUT2D eigenvalue weighted by molar-refractivity contribution is 9.10. The summed E-state index contributed by atoms with van der Waals surface area (Å²) in [4.78, 5) is -0.0678. The van der Waals surface area contributed by atoms with Crippen LogP contribution in [-0.4, -0.2) is 37.0 Å². The van der Waals surface area contributed by atoms with Crippen LogP contribution in [0.3, 0.4) is 0 Å². The zero-order valence-electron chi connectivity index (χ0n) is 11.4. The standard InChI is InChI=1S/C13H18BrFN2O3S/c14-10-7-11(15)12(16)8-13(10)21(19,20)17(5-6-18)9-3-1-2-4-9/h7-9,18H,1-6,16H2. The van der Waals surface area contributed by atoms with Gasteiger partial charge in [-0.15, -0.1) is 0 Å². The van der Waals surface area contributed by atoms with Gasteiger partial charge >= 0.3 is 0 Å². The van der Waals surface area contributed by atoms with Gasteiger partial charge in [-0.25, -0.2) is 12.8 Å². The molecule has 0 atom stereocenters. The molecular weight excluding hydrogens is 363 g/mol. The minimum Gasteiger partial charge on any atom is -0.396 e. The molecular formula is C13H18BrFN2O3S. The van der Waals surface area contributed by atoms with Crippen LogP contribution in [0.25, 0.3) is 0 Å². The summed E-state index contributed by atoms with van der Waals surface area (Å²) in [6.07, 6.45) is 3.48. The molecule has 5 nitrogen and oxygen atoms in total. The van der Waals surface area contributed by atoms with Crippen LogP contribution in [0.4, 0.5) is 10.1 Å². The smallest absolute Gasteiger partial charge is 0.244 e. The summed E-state index contributed by atoms with van der Waals surface area (Å²) in [5.74, 6) is -0.671. The van der Waals surface area contributed by atoms with Crippen molar-refractivity contribution >= 4 is 31.6 Å². The van der Waals surface area contributed by atoms with E-state index < -0.39 is 15.8 Å². The van der Waals surface area contributed by atoms with E-state index in [1.165, 1.54) is 4.31 Å². The predicted molar refractivity (Wildman–Crippen MR) is 81.7 cm³/mol. The van der Waals surface area contributed by atoms with Crippen molar-refractivity contribution in [1.29, 1.82) is 0 Å². The molecule has 8 heteroatoms. The van der Waals surface area contributed by atoms with Crippen molar-refractivity contribution in [3.8, 4) is 0 Å². The van der Waals surface area contributed by atoms with Crippen molar-refractivity contribution in [3.63, 3.8) is 0 Å². The number of anilines is 1. The first-order valence-electron chi connectivity index (χ1n) is 6.75. The number of nitrogens with zero attached hydrogens (tertiary/aromatic N) is 1. The van der Waals surface area contributed by atoms with E-state index in [1.54, 1.807) is 0 Å². The number of nitrogens with two attached hydrogens (primary N) is 1. The Labute approximate surface area is 132 Å². The molecule has 1 saturated carbocycles. The first-order chi connectivity index (χ1) is 9.87. The molecule has 0 bridgehead atoms. The average Bonchev–Trinajstić information content (AvgIpc) is 2.93. The quantitative estimate of drug-likeness (QED) is 0.766. The highest BCUT2D eigenvalue weighted by Gasteiger charge is 2.34. The van der Waals surface area contributed by atoms with Gasteiger partial charge in [-0.05, 0) is 40.9 Å². The van der Waals surface area contributed by atoms with Crippen LogP contribution in [0, 0.1) is 5.82 Å². The lowest BCUT2D eigenvalue weighted by Crippen LogP contribution is -2.40. The van der Waals surface area contributed by atoms with Crippen molar-refractivity contribution in [2.45, 2.75) is 36.6 Å². The van der Waals surface area contributed by atoms with Gasteiger partial charge in [0.25, 0.3) is 0 Å². The molecule has 1 fully saturated rings. The van der Waals surface area contributed by atoms with Crippen LogP contribution >= 0.6 is 15.9 Å². The van der Waals surface area contributed by atoms with Crippen LogP contribution in [0.5, 0.6) is 0 Å². The van der Waals surface area contributed by atoms with Gasteiger partial charge in [0.2, 0.25) is 10.0 Å². The third-order valence-electron chi connectivity index (χ3n) is 3.69. The number of rotatable bonds is 5. The van der Waals surface area contributed by atoms with Gasteiger partial charge in [0, 0.05) is 17.1 Å². The largest absolute Gasteiger partial charge is 0.396 e. The summed E-state index contributed by atoms with van der Waals surface area (Å²) in [6.45, 7) is -0.235. The molecule has 0 radical (unpaired) electrons. The normalized spacial score (nSPS) is 16.8. The van der Waals surface area contributed by atoms with Crippen molar-refractivity contribution in [2.24, 2.45) is 0 Å². The first kappa shape index (κ1) is 16.7. The van der Waals surface area contributed by atoms with Gasteiger partial charge in [-0.1, -0.05) is 12.8 Å². The van der Waals surface area contributed by atoms with Crippen LogP contribution < -0.4 is 5.73 Å². The third kappa shape index (κ3) is 3.39. The fourth-order valence-corrected chi connectivity index (χ4v) is 5.35. The highest BCUT2D eigenvalue weighted by atomic mass is 79.9. The van der Waals surface area contributed by atoms with E-state index in [2.05, 4.69) is 15.9 Å². The molecule has 0 aliphatic heterocycles. The van der Waals surface area contributed by atoms with Gasteiger partial charge in [-0.3, -0.25) is 0 Å². The van der Waals surface area contributed by atoms with E-state index in [-0.39, 0.29) is 34.2 Å². The Balaban J connectivity index is 2.45. The van der Waals surface area contributed by atoms with E-state index in [4.69, 9.17) is 5.73 Å². The maximum atomic E-state index is 13.4. The molecule has 3 N–H and O–H groups in total. The van der Waals surface area contributed by atoms with Crippen molar-refractivity contribution in [2.75, 3.05) is 18.9 Å². The van der Waals surface area contributed by atoms with Crippen LogP contribution in [0.15, 0.2) is 21.5 Å². The second kappa shape index (κ2) is 6.60. The average molecular weight is 381 g/mol. The van der Waals surface area contributed by atoms with E-state index in [0.717, 1.165) is 37.8 Å². The van der Waals surface area contributed by atoms with Gasteiger partial charge in [-0.2, -0.15) is 4.31 Å². The second-order valence-corrected chi connectivity index (χ2v) is 7.80. The van der Waals surface area contributed by atoms with Gasteiger partial charge < -0.3 is 10.8 Å². The number of sulfonamides is 1. The molecule has 0 aromatic heterocycles. The molecule has 0 unspecified atom stereocenters. The van der Waals surface area contributed by atoms with Crippen LogP contribution in [0.2, 0.25) is 0 Å². The molecule has 0 heterocycles.